The number of nitrogens with zero attached hydrogens (tertiary/aromatic N) is 1. The van der Waals surface area contributed by atoms with E-state index in [1.54, 1.807) is 24.4 Å². The molecule has 0 saturated heterocycles. The van der Waals surface area contributed by atoms with E-state index < -0.39 is 29.3 Å². The number of halogens is 2. The predicted molar refractivity (Wildman–Crippen MR) is 133 cm³/mol. The first-order chi connectivity index (χ1) is 16.9. The molecule has 3 aromatic carbocycles. The Labute approximate surface area is 206 Å². The van der Waals surface area contributed by atoms with Crippen LogP contribution in [0.1, 0.15) is 22.2 Å². The number of furan rings is 1. The van der Waals surface area contributed by atoms with Crippen molar-refractivity contribution in [3.05, 3.63) is 112 Å². The number of hydrogen-bond donors (Lipinski definition) is 2. The average molecular weight is 531 g/mol. The Morgan fingerprint density at radius 2 is 1.83 bits per heavy atom. The van der Waals surface area contributed by atoms with E-state index in [4.69, 9.17) is 4.42 Å². The zero-order valence-corrected chi connectivity index (χ0v) is 19.5. The Hall–Kier alpha value is -4.17. The van der Waals surface area contributed by atoms with Crippen LogP contribution in [-0.2, 0) is 4.79 Å². The highest BCUT2D eigenvalue weighted by molar-refractivity contribution is 9.10. The Balaban J connectivity index is 1.54. The Morgan fingerprint density at radius 1 is 1.06 bits per heavy atom. The highest BCUT2D eigenvalue weighted by Crippen LogP contribution is 2.44. The summed E-state index contributed by atoms with van der Waals surface area (Å²) in [5, 5.41) is 12.5. The van der Waals surface area contributed by atoms with Gasteiger partial charge in [0.2, 0.25) is 5.78 Å². The van der Waals surface area contributed by atoms with Crippen LogP contribution >= 0.6 is 15.9 Å². The molecule has 3 heterocycles. The summed E-state index contributed by atoms with van der Waals surface area (Å²) in [5.41, 5.74) is 2.15. The number of fused-ring (bicyclic) bond motifs is 2. The monoisotopic (exact) mass is 530 g/mol. The number of para-hydroxylation sites is 1. The third-order valence-electron chi connectivity index (χ3n) is 6.18. The second kappa shape index (κ2) is 7.95. The lowest BCUT2D eigenvalue weighted by molar-refractivity contribution is -0.117. The van der Waals surface area contributed by atoms with Gasteiger partial charge in [0.1, 0.15) is 11.4 Å². The minimum atomic E-state index is -0.962. The number of aliphatic hydroxyl groups excluding tert-OH is 1. The van der Waals surface area contributed by atoms with Gasteiger partial charge >= 0.3 is 0 Å². The summed E-state index contributed by atoms with van der Waals surface area (Å²) in [4.78, 5) is 31.5. The van der Waals surface area contributed by atoms with E-state index in [1.165, 1.54) is 29.2 Å². The molecular formula is C27H16BrFN2O4. The quantitative estimate of drug-likeness (QED) is 0.256. The normalized spacial score (nSPS) is 16.1. The molecule has 2 aromatic heterocycles. The first kappa shape index (κ1) is 21.4. The number of aliphatic hydroxyl groups is 1. The van der Waals surface area contributed by atoms with Gasteiger partial charge in [0.05, 0.1) is 11.6 Å². The van der Waals surface area contributed by atoms with E-state index in [0.717, 1.165) is 15.4 Å². The highest BCUT2D eigenvalue weighted by Gasteiger charge is 2.46. The van der Waals surface area contributed by atoms with Gasteiger partial charge in [0, 0.05) is 38.2 Å². The fourth-order valence-corrected chi connectivity index (χ4v) is 4.96. The topological polar surface area (TPSA) is 86.5 Å². The molecule has 6 nitrogen and oxygen atoms in total. The van der Waals surface area contributed by atoms with Crippen LogP contribution in [0.4, 0.5) is 10.1 Å². The lowest BCUT2D eigenvalue weighted by Crippen LogP contribution is -2.31. The van der Waals surface area contributed by atoms with Crippen LogP contribution in [-0.4, -0.2) is 21.8 Å². The van der Waals surface area contributed by atoms with Crippen molar-refractivity contribution < 1.29 is 23.5 Å². The number of carbonyl (C=O) groups excluding carboxylic acids is 2. The van der Waals surface area contributed by atoms with E-state index >= 15 is 0 Å². The number of carbonyl (C=O) groups is 2. The average Bonchev–Trinajstić information content (AvgIpc) is 3.54. The van der Waals surface area contributed by atoms with Crippen LogP contribution in [0.3, 0.4) is 0 Å². The lowest BCUT2D eigenvalue weighted by Gasteiger charge is -2.26. The van der Waals surface area contributed by atoms with E-state index in [-0.39, 0.29) is 11.3 Å². The van der Waals surface area contributed by atoms with Gasteiger partial charge in [-0.25, -0.2) is 4.39 Å². The van der Waals surface area contributed by atoms with E-state index in [2.05, 4.69) is 20.9 Å². The zero-order valence-electron chi connectivity index (χ0n) is 18.0. The Kier molecular flexibility index (Phi) is 4.86. The summed E-state index contributed by atoms with van der Waals surface area (Å²) < 4.78 is 20.3. The van der Waals surface area contributed by atoms with Crippen LogP contribution in [0.5, 0.6) is 0 Å². The van der Waals surface area contributed by atoms with Crippen LogP contribution in [0.15, 0.2) is 99.2 Å². The van der Waals surface area contributed by atoms with Gasteiger partial charge in [-0.15, -0.1) is 0 Å². The number of nitrogens with one attached hydrogen (secondary N) is 1. The summed E-state index contributed by atoms with van der Waals surface area (Å²) in [7, 11) is 0. The van der Waals surface area contributed by atoms with Crippen molar-refractivity contribution in [2.45, 2.75) is 6.04 Å². The second-order valence-corrected chi connectivity index (χ2v) is 9.14. The third kappa shape index (κ3) is 3.37. The molecule has 0 aliphatic carbocycles. The van der Waals surface area contributed by atoms with Gasteiger partial charge < -0.3 is 14.5 Å². The molecule has 0 fully saturated rings. The summed E-state index contributed by atoms with van der Waals surface area (Å²) >= 11 is 3.40. The molecule has 0 saturated carbocycles. The number of hydrogen-bond acceptors (Lipinski definition) is 4. The number of Topliss-reactive ketones (excluding diaryl/α,β-unsaturated/α-hetero) is 1. The van der Waals surface area contributed by atoms with Gasteiger partial charge in [-0.2, -0.15) is 0 Å². The van der Waals surface area contributed by atoms with E-state index in [9.17, 15) is 19.1 Å². The zero-order chi connectivity index (χ0) is 24.3. The molecule has 1 atom stereocenters. The van der Waals surface area contributed by atoms with Gasteiger partial charge in [-0.1, -0.05) is 34.1 Å². The molecule has 35 heavy (non-hydrogen) atoms. The fraction of sp³-hybridized carbons (Fsp3) is 0.0370. The number of H-pyrrole nitrogens is 1. The van der Waals surface area contributed by atoms with Crippen LogP contribution in [0.2, 0.25) is 0 Å². The molecule has 1 amide bonds. The Bertz CT molecular complexity index is 1680. The van der Waals surface area contributed by atoms with Crippen molar-refractivity contribution >= 4 is 55.2 Å². The molecule has 0 bridgehead atoms. The second-order valence-electron chi connectivity index (χ2n) is 8.23. The van der Waals surface area contributed by atoms with Crippen LogP contribution < -0.4 is 4.90 Å². The molecule has 8 heteroatoms. The van der Waals surface area contributed by atoms with Crippen molar-refractivity contribution in [1.29, 1.82) is 0 Å². The molecule has 6 rings (SSSR count). The van der Waals surface area contributed by atoms with Crippen molar-refractivity contribution in [1.82, 2.24) is 4.98 Å². The molecule has 5 aromatic rings. The molecule has 1 unspecified atom stereocenters. The molecular weight excluding hydrogens is 515 g/mol. The van der Waals surface area contributed by atoms with E-state index in [0.29, 0.717) is 22.2 Å². The summed E-state index contributed by atoms with van der Waals surface area (Å²) in [6.45, 7) is 0. The maximum absolute atomic E-state index is 13.8. The fourth-order valence-electron chi connectivity index (χ4n) is 4.58. The summed E-state index contributed by atoms with van der Waals surface area (Å²) in [6.07, 6.45) is 1.71. The van der Waals surface area contributed by atoms with Crippen LogP contribution in [0, 0.1) is 5.82 Å². The molecule has 2 N–H and O–H groups in total. The van der Waals surface area contributed by atoms with Gasteiger partial charge in [-0.3, -0.25) is 14.5 Å². The molecule has 1 aliphatic heterocycles. The lowest BCUT2D eigenvalue weighted by atomic mass is 9.94. The number of ketones is 1. The first-order valence-corrected chi connectivity index (χ1v) is 11.5. The first-order valence-electron chi connectivity index (χ1n) is 10.7. The Morgan fingerprint density at radius 3 is 2.63 bits per heavy atom. The minimum Gasteiger partial charge on any atom is -0.503 e. The van der Waals surface area contributed by atoms with Gasteiger partial charge in [0.25, 0.3) is 5.91 Å². The number of aromatic amines is 1. The SMILES string of the molecule is O=C(C1=C(O)C(=O)N(c2ccc(F)cc2)C1c1c[nH]c2ccccc12)c1cc2cc(Br)ccc2o1. The molecule has 0 radical (unpaired) electrons. The third-order valence-corrected chi connectivity index (χ3v) is 6.67. The molecule has 172 valence electrons. The number of amides is 1. The number of aromatic nitrogens is 1. The molecule has 1 aliphatic rings. The van der Waals surface area contributed by atoms with Gasteiger partial charge in [0.15, 0.2) is 11.5 Å². The van der Waals surface area contributed by atoms with E-state index in [1.807, 2.05) is 30.3 Å². The van der Waals surface area contributed by atoms with Crippen molar-refractivity contribution in [3.63, 3.8) is 0 Å². The number of rotatable bonds is 4. The van der Waals surface area contributed by atoms with Crippen molar-refractivity contribution in [2.75, 3.05) is 4.90 Å². The highest BCUT2D eigenvalue weighted by atomic mass is 79.9. The standard InChI is InChI=1S/C27H16BrFN2O4/c28-15-5-10-21-14(11-15)12-22(35-21)25(32)23-24(19-13-30-20-4-2-1-3-18(19)20)31(27(34)26(23)33)17-8-6-16(29)7-9-17/h1-13,24,30,33H. The number of anilines is 1. The minimum absolute atomic E-state index is 0.00162. The maximum Gasteiger partial charge on any atom is 0.294 e. The molecule has 0 spiro atoms. The number of benzene rings is 3. The van der Waals surface area contributed by atoms with Crippen LogP contribution in [0.25, 0.3) is 21.9 Å². The van der Waals surface area contributed by atoms with Crippen molar-refractivity contribution in [2.24, 2.45) is 0 Å². The van der Waals surface area contributed by atoms with Crippen molar-refractivity contribution in [3.8, 4) is 0 Å². The predicted octanol–water partition coefficient (Wildman–Crippen LogP) is 6.60. The smallest absolute Gasteiger partial charge is 0.294 e. The largest absolute Gasteiger partial charge is 0.503 e. The summed E-state index contributed by atoms with van der Waals surface area (Å²) in [6, 6.07) is 18.7. The summed E-state index contributed by atoms with van der Waals surface area (Å²) in [5.74, 6) is -2.50. The van der Waals surface area contributed by atoms with Gasteiger partial charge in [-0.05, 0) is 54.6 Å². The maximum atomic E-state index is 13.8.